The fourth-order valence-corrected chi connectivity index (χ4v) is 2.00. The van der Waals surface area contributed by atoms with E-state index in [1.54, 1.807) is 6.20 Å². The molecule has 7 heteroatoms. The predicted octanol–water partition coefficient (Wildman–Crippen LogP) is 1.41. The molecule has 0 spiro atoms. The van der Waals surface area contributed by atoms with Crippen molar-refractivity contribution in [1.82, 2.24) is 35.3 Å². The second-order valence-electron chi connectivity index (χ2n) is 5.07. The van der Waals surface area contributed by atoms with Gasteiger partial charge in [-0.15, -0.1) is 5.10 Å². The molecule has 0 aliphatic rings. The summed E-state index contributed by atoms with van der Waals surface area (Å²) in [5.74, 6) is 0.887. The SMILES string of the molecule is CCCCn1nnnc1CN[C@@H](C)[C@H](C)n1cccn1. The topological polar surface area (TPSA) is 73.5 Å². The van der Waals surface area contributed by atoms with Gasteiger partial charge in [-0.1, -0.05) is 13.3 Å². The molecular weight excluding hydrogens is 254 g/mol. The van der Waals surface area contributed by atoms with Crippen molar-refractivity contribution >= 4 is 0 Å². The highest BCUT2D eigenvalue weighted by Crippen LogP contribution is 2.09. The van der Waals surface area contributed by atoms with Gasteiger partial charge in [-0.3, -0.25) is 4.68 Å². The standard InChI is InChI=1S/C13H23N7/c1-4-5-8-20-13(16-17-18-20)10-14-11(2)12(3)19-9-6-7-15-19/h6-7,9,11-12,14H,4-5,8,10H2,1-3H3/t11-,12-/m0/s1. The molecule has 2 rings (SSSR count). The maximum atomic E-state index is 4.27. The fourth-order valence-electron chi connectivity index (χ4n) is 2.00. The maximum absolute atomic E-state index is 4.27. The van der Waals surface area contributed by atoms with Gasteiger partial charge in [0, 0.05) is 25.0 Å². The van der Waals surface area contributed by atoms with E-state index < -0.39 is 0 Å². The fraction of sp³-hybridized carbons (Fsp3) is 0.692. The summed E-state index contributed by atoms with van der Waals surface area (Å²) in [6.45, 7) is 8.00. The second-order valence-corrected chi connectivity index (χ2v) is 5.07. The molecule has 0 radical (unpaired) electrons. The molecule has 0 aliphatic carbocycles. The third-order valence-electron chi connectivity index (χ3n) is 3.58. The van der Waals surface area contributed by atoms with E-state index in [1.807, 2.05) is 21.6 Å². The molecule has 2 aromatic heterocycles. The molecule has 0 saturated heterocycles. The summed E-state index contributed by atoms with van der Waals surface area (Å²) in [4.78, 5) is 0. The summed E-state index contributed by atoms with van der Waals surface area (Å²) in [5.41, 5.74) is 0. The van der Waals surface area contributed by atoms with E-state index in [2.05, 4.69) is 46.7 Å². The Balaban J connectivity index is 1.87. The van der Waals surface area contributed by atoms with Gasteiger partial charge in [-0.05, 0) is 36.8 Å². The lowest BCUT2D eigenvalue weighted by Crippen LogP contribution is -2.34. The third kappa shape index (κ3) is 3.63. The number of hydrogen-bond donors (Lipinski definition) is 1. The lowest BCUT2D eigenvalue weighted by Gasteiger charge is -2.21. The van der Waals surface area contributed by atoms with Crippen LogP contribution in [-0.2, 0) is 13.1 Å². The van der Waals surface area contributed by atoms with Crippen molar-refractivity contribution in [3.8, 4) is 0 Å². The first-order chi connectivity index (χ1) is 9.72. The number of nitrogens with one attached hydrogen (secondary N) is 1. The van der Waals surface area contributed by atoms with Crippen LogP contribution in [0.5, 0.6) is 0 Å². The Morgan fingerprint density at radius 1 is 1.35 bits per heavy atom. The zero-order valence-electron chi connectivity index (χ0n) is 12.4. The average molecular weight is 277 g/mol. The molecule has 0 unspecified atom stereocenters. The van der Waals surface area contributed by atoms with Gasteiger partial charge in [0.2, 0.25) is 0 Å². The first kappa shape index (κ1) is 14.6. The van der Waals surface area contributed by atoms with Crippen molar-refractivity contribution in [3.63, 3.8) is 0 Å². The Hall–Kier alpha value is -1.76. The van der Waals surface area contributed by atoms with Crippen LogP contribution in [0.25, 0.3) is 0 Å². The molecule has 0 bridgehead atoms. The van der Waals surface area contributed by atoms with E-state index in [4.69, 9.17) is 0 Å². The predicted molar refractivity (Wildman–Crippen MR) is 76.0 cm³/mol. The molecule has 0 saturated carbocycles. The molecule has 7 nitrogen and oxygen atoms in total. The summed E-state index contributed by atoms with van der Waals surface area (Å²) in [6.07, 6.45) is 6.01. The minimum Gasteiger partial charge on any atom is -0.305 e. The van der Waals surface area contributed by atoms with Crippen molar-refractivity contribution in [3.05, 3.63) is 24.3 Å². The van der Waals surface area contributed by atoms with Crippen LogP contribution in [0.3, 0.4) is 0 Å². The molecule has 2 atom stereocenters. The van der Waals surface area contributed by atoms with Crippen LogP contribution in [0.4, 0.5) is 0 Å². The third-order valence-corrected chi connectivity index (χ3v) is 3.58. The van der Waals surface area contributed by atoms with Crippen LogP contribution in [0.1, 0.15) is 45.5 Å². The monoisotopic (exact) mass is 277 g/mol. The Morgan fingerprint density at radius 3 is 2.90 bits per heavy atom. The van der Waals surface area contributed by atoms with Crippen LogP contribution in [-0.4, -0.2) is 36.0 Å². The maximum Gasteiger partial charge on any atom is 0.165 e. The zero-order valence-corrected chi connectivity index (χ0v) is 12.4. The van der Waals surface area contributed by atoms with E-state index in [0.717, 1.165) is 25.2 Å². The van der Waals surface area contributed by atoms with Crippen LogP contribution in [0, 0.1) is 0 Å². The van der Waals surface area contributed by atoms with Crippen LogP contribution < -0.4 is 5.32 Å². The van der Waals surface area contributed by atoms with Gasteiger partial charge in [0.25, 0.3) is 0 Å². The van der Waals surface area contributed by atoms with E-state index in [-0.39, 0.29) is 12.1 Å². The van der Waals surface area contributed by atoms with Crippen LogP contribution in [0.2, 0.25) is 0 Å². The summed E-state index contributed by atoms with van der Waals surface area (Å²) >= 11 is 0. The largest absolute Gasteiger partial charge is 0.305 e. The summed E-state index contributed by atoms with van der Waals surface area (Å²) in [6, 6.07) is 2.50. The van der Waals surface area contributed by atoms with Gasteiger partial charge in [0.1, 0.15) is 0 Å². The minimum atomic E-state index is 0.282. The van der Waals surface area contributed by atoms with Gasteiger partial charge in [-0.25, -0.2) is 4.68 Å². The summed E-state index contributed by atoms with van der Waals surface area (Å²) < 4.78 is 3.83. The highest BCUT2D eigenvalue weighted by atomic mass is 15.5. The number of unbranched alkanes of at least 4 members (excludes halogenated alkanes) is 1. The normalized spacial score (nSPS) is 14.3. The van der Waals surface area contributed by atoms with Gasteiger partial charge in [0.05, 0.1) is 12.6 Å². The molecule has 110 valence electrons. The molecule has 1 N–H and O–H groups in total. The minimum absolute atomic E-state index is 0.282. The van der Waals surface area contributed by atoms with Crippen molar-refractivity contribution in [1.29, 1.82) is 0 Å². The molecule has 0 aromatic carbocycles. The van der Waals surface area contributed by atoms with Crippen molar-refractivity contribution in [2.75, 3.05) is 0 Å². The van der Waals surface area contributed by atoms with Crippen molar-refractivity contribution in [2.45, 2.75) is 58.8 Å². The quantitative estimate of drug-likeness (QED) is 0.789. The lowest BCUT2D eigenvalue weighted by atomic mass is 10.2. The zero-order chi connectivity index (χ0) is 14.4. The smallest absolute Gasteiger partial charge is 0.165 e. The molecular formula is C13H23N7. The Morgan fingerprint density at radius 2 is 2.20 bits per heavy atom. The second kappa shape index (κ2) is 7.14. The van der Waals surface area contributed by atoms with Crippen LogP contribution in [0.15, 0.2) is 18.5 Å². The highest BCUT2D eigenvalue weighted by Gasteiger charge is 2.15. The van der Waals surface area contributed by atoms with Gasteiger partial charge < -0.3 is 5.32 Å². The number of rotatable bonds is 8. The van der Waals surface area contributed by atoms with E-state index in [9.17, 15) is 0 Å². The number of aromatic nitrogens is 6. The molecule has 0 amide bonds. The Bertz CT molecular complexity index is 491. The van der Waals surface area contributed by atoms with E-state index in [0.29, 0.717) is 6.54 Å². The Labute approximate surface area is 119 Å². The van der Waals surface area contributed by atoms with Crippen molar-refractivity contribution < 1.29 is 0 Å². The van der Waals surface area contributed by atoms with Crippen LogP contribution >= 0.6 is 0 Å². The van der Waals surface area contributed by atoms with Crippen molar-refractivity contribution in [2.24, 2.45) is 0 Å². The highest BCUT2D eigenvalue weighted by molar-refractivity contribution is 4.86. The number of aryl methyl sites for hydroxylation is 1. The first-order valence-electron chi connectivity index (χ1n) is 7.20. The summed E-state index contributed by atoms with van der Waals surface area (Å²) in [7, 11) is 0. The van der Waals surface area contributed by atoms with Gasteiger partial charge in [0.15, 0.2) is 5.82 Å². The Kier molecular flexibility index (Phi) is 5.23. The van der Waals surface area contributed by atoms with E-state index in [1.165, 1.54) is 0 Å². The number of hydrogen-bond acceptors (Lipinski definition) is 5. The number of nitrogens with zero attached hydrogens (tertiary/aromatic N) is 6. The molecule has 2 aromatic rings. The van der Waals surface area contributed by atoms with Gasteiger partial charge >= 0.3 is 0 Å². The van der Waals surface area contributed by atoms with Gasteiger partial charge in [-0.2, -0.15) is 5.10 Å². The molecule has 2 heterocycles. The summed E-state index contributed by atoms with van der Waals surface area (Å²) in [5, 5.41) is 19.6. The molecule has 0 fully saturated rings. The first-order valence-corrected chi connectivity index (χ1v) is 7.20. The number of tetrazole rings is 1. The lowest BCUT2D eigenvalue weighted by molar-refractivity contribution is 0.358. The molecule has 0 aliphatic heterocycles. The molecule has 20 heavy (non-hydrogen) atoms. The average Bonchev–Trinajstić information content (AvgIpc) is 3.12. The van der Waals surface area contributed by atoms with E-state index >= 15 is 0 Å².